The van der Waals surface area contributed by atoms with Gasteiger partial charge in [0, 0.05) is 23.2 Å². The first-order valence-corrected chi connectivity index (χ1v) is 8.19. The summed E-state index contributed by atoms with van der Waals surface area (Å²) in [6.07, 6.45) is 5.32. The van der Waals surface area contributed by atoms with Gasteiger partial charge < -0.3 is 9.73 Å². The number of aromatic nitrogens is 2. The second-order valence-electron chi connectivity index (χ2n) is 5.45. The molecular formula is C18H16FN3O2S. The molecule has 0 aliphatic heterocycles. The molecule has 0 aliphatic rings. The van der Waals surface area contributed by atoms with E-state index in [4.69, 9.17) is 4.42 Å². The molecule has 0 spiro atoms. The Hall–Kier alpha value is -2.67. The number of carbonyl (C=O) groups is 1. The Balaban J connectivity index is 1.57. The molecule has 2 heterocycles. The van der Waals surface area contributed by atoms with Gasteiger partial charge in [0.25, 0.3) is 5.91 Å². The van der Waals surface area contributed by atoms with Gasteiger partial charge in [-0.3, -0.25) is 9.78 Å². The first kappa shape index (κ1) is 17.2. The highest BCUT2D eigenvalue weighted by molar-refractivity contribution is 7.80. The lowest BCUT2D eigenvalue weighted by molar-refractivity contribution is 0.0949. The van der Waals surface area contributed by atoms with Crippen LogP contribution in [0.4, 0.5) is 4.39 Å². The highest BCUT2D eigenvalue weighted by Crippen LogP contribution is 2.24. The summed E-state index contributed by atoms with van der Waals surface area (Å²) in [6.45, 7) is 0.442. The van der Waals surface area contributed by atoms with Gasteiger partial charge in [-0.15, -0.1) is 12.6 Å². The third-order valence-electron chi connectivity index (χ3n) is 3.60. The van der Waals surface area contributed by atoms with Crippen LogP contribution in [0.3, 0.4) is 0 Å². The van der Waals surface area contributed by atoms with E-state index in [2.05, 4.69) is 27.9 Å². The van der Waals surface area contributed by atoms with Crippen molar-refractivity contribution in [2.45, 2.75) is 17.7 Å². The van der Waals surface area contributed by atoms with E-state index in [0.717, 1.165) is 22.2 Å². The zero-order valence-corrected chi connectivity index (χ0v) is 14.2. The molecule has 0 bridgehead atoms. The lowest BCUT2D eigenvalue weighted by atomic mass is 10.1. The predicted octanol–water partition coefficient (Wildman–Crippen LogP) is 3.53. The molecule has 3 aromatic rings. The Morgan fingerprint density at radius 3 is 2.80 bits per heavy atom. The Morgan fingerprint density at radius 1 is 1.24 bits per heavy atom. The highest BCUT2D eigenvalue weighted by Gasteiger charge is 2.17. The van der Waals surface area contributed by atoms with Gasteiger partial charge in [-0.05, 0) is 36.6 Å². The van der Waals surface area contributed by atoms with E-state index in [-0.39, 0.29) is 17.4 Å². The van der Waals surface area contributed by atoms with E-state index in [1.54, 1.807) is 6.20 Å². The maximum absolute atomic E-state index is 13.1. The number of aryl methyl sites for hydroxylation is 1. The van der Waals surface area contributed by atoms with Crippen molar-refractivity contribution < 1.29 is 13.6 Å². The molecule has 128 valence electrons. The van der Waals surface area contributed by atoms with Crippen LogP contribution in [0.25, 0.3) is 11.3 Å². The van der Waals surface area contributed by atoms with Gasteiger partial charge in [0.1, 0.15) is 5.82 Å². The molecule has 0 aliphatic carbocycles. The third kappa shape index (κ3) is 4.45. The van der Waals surface area contributed by atoms with Gasteiger partial charge in [0.15, 0.2) is 17.8 Å². The molecule has 0 saturated heterocycles. The summed E-state index contributed by atoms with van der Waals surface area (Å²) >= 11 is 4.24. The molecule has 5 nitrogen and oxygen atoms in total. The normalized spacial score (nSPS) is 10.6. The smallest absolute Gasteiger partial charge is 0.273 e. The van der Waals surface area contributed by atoms with Gasteiger partial charge in [-0.1, -0.05) is 12.1 Å². The topological polar surface area (TPSA) is 68.0 Å². The fourth-order valence-electron chi connectivity index (χ4n) is 2.40. The lowest BCUT2D eigenvalue weighted by Crippen LogP contribution is -2.25. The first-order valence-electron chi connectivity index (χ1n) is 7.74. The number of amides is 1. The van der Waals surface area contributed by atoms with Crippen LogP contribution in [0.2, 0.25) is 0 Å². The number of nitrogens with zero attached hydrogens (tertiary/aromatic N) is 2. The SMILES string of the molecule is O=C(NCCCc1cncc(F)c1)c1ncoc1-c1ccc(S)cc1. The molecule has 3 rings (SSSR count). The van der Waals surface area contributed by atoms with Crippen molar-refractivity contribution in [1.82, 2.24) is 15.3 Å². The monoisotopic (exact) mass is 357 g/mol. The Morgan fingerprint density at radius 2 is 2.04 bits per heavy atom. The number of hydrogen-bond acceptors (Lipinski definition) is 5. The summed E-state index contributed by atoms with van der Waals surface area (Å²) in [7, 11) is 0. The van der Waals surface area contributed by atoms with Crippen molar-refractivity contribution in [1.29, 1.82) is 0 Å². The zero-order valence-electron chi connectivity index (χ0n) is 13.3. The van der Waals surface area contributed by atoms with E-state index < -0.39 is 0 Å². The molecular weight excluding hydrogens is 341 g/mol. The average Bonchev–Trinajstić information content (AvgIpc) is 3.09. The summed E-state index contributed by atoms with van der Waals surface area (Å²) < 4.78 is 18.4. The number of nitrogens with one attached hydrogen (secondary N) is 1. The first-order chi connectivity index (χ1) is 12.1. The van der Waals surface area contributed by atoms with Crippen LogP contribution >= 0.6 is 12.6 Å². The molecule has 0 unspecified atom stereocenters. The van der Waals surface area contributed by atoms with E-state index in [0.29, 0.717) is 25.1 Å². The Kier molecular flexibility index (Phi) is 5.45. The molecule has 2 aromatic heterocycles. The molecule has 1 amide bonds. The zero-order chi connectivity index (χ0) is 17.6. The molecule has 1 N–H and O–H groups in total. The second kappa shape index (κ2) is 7.94. The maximum Gasteiger partial charge on any atom is 0.273 e. The summed E-state index contributed by atoms with van der Waals surface area (Å²) in [5.41, 5.74) is 1.79. The van der Waals surface area contributed by atoms with Crippen LogP contribution in [-0.2, 0) is 6.42 Å². The van der Waals surface area contributed by atoms with Crippen LogP contribution < -0.4 is 5.32 Å². The fourth-order valence-corrected chi connectivity index (χ4v) is 2.55. The third-order valence-corrected chi connectivity index (χ3v) is 3.90. The van der Waals surface area contributed by atoms with Gasteiger partial charge in [0.05, 0.1) is 6.20 Å². The van der Waals surface area contributed by atoms with Crippen molar-refractivity contribution >= 4 is 18.5 Å². The number of oxazole rings is 1. The molecule has 7 heteroatoms. The summed E-state index contributed by atoms with van der Waals surface area (Å²) in [4.78, 5) is 20.9. The van der Waals surface area contributed by atoms with Crippen LogP contribution in [0.1, 0.15) is 22.5 Å². The van der Waals surface area contributed by atoms with Gasteiger partial charge in [-0.2, -0.15) is 0 Å². The van der Waals surface area contributed by atoms with E-state index in [1.807, 2.05) is 24.3 Å². The van der Waals surface area contributed by atoms with Crippen molar-refractivity contribution in [3.63, 3.8) is 0 Å². The van der Waals surface area contributed by atoms with Crippen molar-refractivity contribution in [3.8, 4) is 11.3 Å². The minimum atomic E-state index is -0.360. The lowest BCUT2D eigenvalue weighted by Gasteiger charge is -2.05. The molecule has 0 radical (unpaired) electrons. The van der Waals surface area contributed by atoms with Crippen molar-refractivity contribution in [2.75, 3.05) is 6.54 Å². The Bertz CT molecular complexity index is 865. The molecule has 0 saturated carbocycles. The molecule has 1 aromatic carbocycles. The predicted molar refractivity (Wildman–Crippen MR) is 94.0 cm³/mol. The van der Waals surface area contributed by atoms with Gasteiger partial charge >= 0.3 is 0 Å². The van der Waals surface area contributed by atoms with Gasteiger partial charge in [-0.25, -0.2) is 9.37 Å². The summed E-state index contributed by atoms with van der Waals surface area (Å²) in [5.74, 6) is -0.253. The number of rotatable bonds is 6. The number of thiol groups is 1. The number of halogens is 1. The molecule has 0 atom stereocenters. The summed E-state index contributed by atoms with van der Waals surface area (Å²) in [6, 6.07) is 8.70. The van der Waals surface area contributed by atoms with E-state index in [9.17, 15) is 9.18 Å². The average molecular weight is 357 g/mol. The van der Waals surface area contributed by atoms with Crippen molar-refractivity contribution in [3.05, 3.63) is 66.2 Å². The largest absolute Gasteiger partial charge is 0.443 e. The standard InChI is InChI=1S/C18H16FN3O2S/c19-14-8-12(9-20-10-14)2-1-7-21-18(23)16-17(24-11-22-16)13-3-5-15(25)6-4-13/h3-6,8-11,25H,1-2,7H2,(H,21,23). The van der Waals surface area contributed by atoms with Gasteiger partial charge in [0.2, 0.25) is 0 Å². The number of hydrogen-bond donors (Lipinski definition) is 2. The van der Waals surface area contributed by atoms with Crippen LogP contribution in [0.15, 0.2) is 58.4 Å². The second-order valence-corrected chi connectivity index (χ2v) is 5.96. The Labute approximate surface area is 149 Å². The quantitative estimate of drug-likeness (QED) is 0.523. The highest BCUT2D eigenvalue weighted by atomic mass is 32.1. The number of carbonyl (C=O) groups excluding carboxylic acids is 1. The minimum absolute atomic E-state index is 0.235. The van der Waals surface area contributed by atoms with Crippen molar-refractivity contribution in [2.24, 2.45) is 0 Å². The molecule has 0 fully saturated rings. The van der Waals surface area contributed by atoms with Crippen LogP contribution in [0.5, 0.6) is 0 Å². The van der Waals surface area contributed by atoms with Crippen LogP contribution in [0, 0.1) is 5.82 Å². The van der Waals surface area contributed by atoms with E-state index >= 15 is 0 Å². The fraction of sp³-hybridized carbons (Fsp3) is 0.167. The summed E-state index contributed by atoms with van der Waals surface area (Å²) in [5, 5.41) is 2.80. The number of pyridine rings is 1. The number of benzene rings is 1. The molecule has 25 heavy (non-hydrogen) atoms. The minimum Gasteiger partial charge on any atom is -0.443 e. The van der Waals surface area contributed by atoms with Crippen LogP contribution in [-0.4, -0.2) is 22.4 Å². The maximum atomic E-state index is 13.1. The van der Waals surface area contributed by atoms with E-state index in [1.165, 1.54) is 12.5 Å².